The van der Waals surface area contributed by atoms with Crippen molar-refractivity contribution in [1.29, 1.82) is 0 Å². The summed E-state index contributed by atoms with van der Waals surface area (Å²) >= 11 is 1.71. The fourth-order valence-electron chi connectivity index (χ4n) is 1.14. The SMILES string of the molecule is Cc1cscc1NCc1ccco1. The molecule has 2 aromatic heterocycles. The highest BCUT2D eigenvalue weighted by atomic mass is 32.1. The third-order valence-corrected chi connectivity index (χ3v) is 2.75. The van der Waals surface area contributed by atoms with Crippen LogP contribution in [0.25, 0.3) is 0 Å². The first kappa shape index (κ1) is 8.38. The maximum atomic E-state index is 5.21. The first-order chi connectivity index (χ1) is 6.36. The highest BCUT2D eigenvalue weighted by Gasteiger charge is 1.99. The van der Waals surface area contributed by atoms with Crippen molar-refractivity contribution < 1.29 is 4.42 Å². The van der Waals surface area contributed by atoms with Gasteiger partial charge in [0.2, 0.25) is 0 Å². The van der Waals surface area contributed by atoms with E-state index in [1.54, 1.807) is 17.6 Å². The van der Waals surface area contributed by atoms with Gasteiger partial charge < -0.3 is 9.73 Å². The Hall–Kier alpha value is -1.22. The zero-order chi connectivity index (χ0) is 9.10. The number of thiophene rings is 1. The van der Waals surface area contributed by atoms with Crippen LogP contribution in [0.3, 0.4) is 0 Å². The normalized spacial score (nSPS) is 10.2. The molecule has 0 aromatic carbocycles. The summed E-state index contributed by atoms with van der Waals surface area (Å²) < 4.78 is 5.21. The van der Waals surface area contributed by atoms with Crippen LogP contribution in [0.4, 0.5) is 5.69 Å². The van der Waals surface area contributed by atoms with Gasteiger partial charge in [-0.15, -0.1) is 11.3 Å². The van der Waals surface area contributed by atoms with Gasteiger partial charge in [-0.2, -0.15) is 0 Å². The van der Waals surface area contributed by atoms with Crippen LogP contribution in [-0.2, 0) is 6.54 Å². The molecule has 0 fully saturated rings. The molecule has 13 heavy (non-hydrogen) atoms. The molecule has 2 heterocycles. The summed E-state index contributed by atoms with van der Waals surface area (Å²) in [6.07, 6.45) is 1.69. The number of furan rings is 1. The molecule has 0 bridgehead atoms. The van der Waals surface area contributed by atoms with E-state index < -0.39 is 0 Å². The molecule has 0 radical (unpaired) electrons. The second-order valence-corrected chi connectivity index (χ2v) is 3.64. The van der Waals surface area contributed by atoms with Crippen molar-refractivity contribution in [1.82, 2.24) is 0 Å². The Bertz CT molecular complexity index is 364. The summed E-state index contributed by atoms with van der Waals surface area (Å²) in [6.45, 7) is 2.85. The number of anilines is 1. The smallest absolute Gasteiger partial charge is 0.122 e. The molecule has 2 aromatic rings. The molecule has 2 rings (SSSR count). The summed E-state index contributed by atoms with van der Waals surface area (Å²) in [5.41, 5.74) is 2.48. The Morgan fingerprint density at radius 2 is 2.38 bits per heavy atom. The average Bonchev–Trinajstić information content (AvgIpc) is 2.72. The van der Waals surface area contributed by atoms with Gasteiger partial charge in [0.25, 0.3) is 0 Å². The van der Waals surface area contributed by atoms with Gasteiger partial charge in [0.15, 0.2) is 0 Å². The van der Waals surface area contributed by atoms with Crippen LogP contribution in [-0.4, -0.2) is 0 Å². The van der Waals surface area contributed by atoms with Crippen molar-refractivity contribution in [3.63, 3.8) is 0 Å². The van der Waals surface area contributed by atoms with Crippen LogP contribution >= 0.6 is 11.3 Å². The average molecular weight is 193 g/mol. The van der Waals surface area contributed by atoms with Crippen molar-refractivity contribution in [2.24, 2.45) is 0 Å². The lowest BCUT2D eigenvalue weighted by Gasteiger charge is -2.02. The Morgan fingerprint density at radius 3 is 3.00 bits per heavy atom. The highest BCUT2D eigenvalue weighted by Crippen LogP contribution is 2.19. The van der Waals surface area contributed by atoms with Crippen molar-refractivity contribution in [3.05, 3.63) is 40.5 Å². The van der Waals surface area contributed by atoms with E-state index >= 15 is 0 Å². The van der Waals surface area contributed by atoms with Gasteiger partial charge in [0.1, 0.15) is 5.76 Å². The quantitative estimate of drug-likeness (QED) is 0.809. The van der Waals surface area contributed by atoms with Crippen molar-refractivity contribution in [2.75, 3.05) is 5.32 Å². The molecule has 0 aliphatic heterocycles. The monoisotopic (exact) mass is 193 g/mol. The Morgan fingerprint density at radius 1 is 1.46 bits per heavy atom. The molecule has 0 amide bonds. The fraction of sp³-hybridized carbons (Fsp3) is 0.200. The van der Waals surface area contributed by atoms with Gasteiger partial charge >= 0.3 is 0 Å². The number of nitrogens with one attached hydrogen (secondary N) is 1. The van der Waals surface area contributed by atoms with Crippen LogP contribution in [0.5, 0.6) is 0 Å². The molecule has 0 atom stereocenters. The highest BCUT2D eigenvalue weighted by molar-refractivity contribution is 7.08. The first-order valence-corrected chi connectivity index (χ1v) is 5.09. The van der Waals surface area contributed by atoms with Crippen LogP contribution in [0.2, 0.25) is 0 Å². The van der Waals surface area contributed by atoms with Crippen LogP contribution in [0, 0.1) is 6.92 Å². The standard InChI is InChI=1S/C10H11NOS/c1-8-6-13-7-10(8)11-5-9-3-2-4-12-9/h2-4,6-7,11H,5H2,1H3. The molecule has 68 valence electrons. The van der Waals surface area contributed by atoms with Gasteiger partial charge in [0.05, 0.1) is 12.8 Å². The number of hydrogen-bond acceptors (Lipinski definition) is 3. The van der Waals surface area contributed by atoms with Gasteiger partial charge in [-0.25, -0.2) is 0 Å². The summed E-state index contributed by atoms with van der Waals surface area (Å²) in [6, 6.07) is 3.87. The van der Waals surface area contributed by atoms with Crippen LogP contribution < -0.4 is 5.32 Å². The molecular weight excluding hydrogens is 182 g/mol. The van der Waals surface area contributed by atoms with Crippen LogP contribution in [0.15, 0.2) is 33.6 Å². The number of aryl methyl sites for hydroxylation is 1. The van der Waals surface area contributed by atoms with Crippen molar-refractivity contribution in [3.8, 4) is 0 Å². The van der Waals surface area contributed by atoms with E-state index in [4.69, 9.17) is 4.42 Å². The Balaban J connectivity index is 1.97. The van der Waals surface area contributed by atoms with E-state index in [0.29, 0.717) is 0 Å². The predicted molar refractivity (Wildman–Crippen MR) is 55.1 cm³/mol. The zero-order valence-electron chi connectivity index (χ0n) is 7.41. The molecule has 0 aliphatic carbocycles. The molecule has 3 heteroatoms. The largest absolute Gasteiger partial charge is 0.467 e. The molecule has 0 spiro atoms. The lowest BCUT2D eigenvalue weighted by molar-refractivity contribution is 0.518. The Labute approximate surface area is 81.2 Å². The van der Waals surface area contributed by atoms with Gasteiger partial charge in [-0.3, -0.25) is 0 Å². The maximum Gasteiger partial charge on any atom is 0.122 e. The molecule has 1 N–H and O–H groups in total. The maximum absolute atomic E-state index is 5.21. The molecule has 0 saturated carbocycles. The van der Waals surface area contributed by atoms with Crippen molar-refractivity contribution >= 4 is 17.0 Å². The Kier molecular flexibility index (Phi) is 2.36. The zero-order valence-corrected chi connectivity index (χ0v) is 8.23. The number of rotatable bonds is 3. The van der Waals surface area contributed by atoms with E-state index in [0.717, 1.165) is 12.3 Å². The second-order valence-electron chi connectivity index (χ2n) is 2.90. The topological polar surface area (TPSA) is 25.2 Å². The van der Waals surface area contributed by atoms with Gasteiger partial charge in [-0.1, -0.05) is 0 Å². The molecule has 0 aliphatic rings. The van der Waals surface area contributed by atoms with Crippen molar-refractivity contribution in [2.45, 2.75) is 13.5 Å². The molecule has 0 saturated heterocycles. The molecular formula is C10H11NOS. The van der Waals surface area contributed by atoms with E-state index in [9.17, 15) is 0 Å². The summed E-state index contributed by atoms with van der Waals surface area (Å²) in [5.74, 6) is 0.964. The van der Waals surface area contributed by atoms with E-state index in [1.807, 2.05) is 12.1 Å². The summed E-state index contributed by atoms with van der Waals surface area (Å²) in [4.78, 5) is 0. The van der Waals surface area contributed by atoms with Crippen LogP contribution in [0.1, 0.15) is 11.3 Å². The van der Waals surface area contributed by atoms with E-state index in [2.05, 4.69) is 23.0 Å². The first-order valence-electron chi connectivity index (χ1n) is 4.15. The van der Waals surface area contributed by atoms with E-state index in [-0.39, 0.29) is 0 Å². The third-order valence-electron chi connectivity index (χ3n) is 1.89. The van der Waals surface area contributed by atoms with Gasteiger partial charge in [-0.05, 0) is 30.0 Å². The lowest BCUT2D eigenvalue weighted by Crippen LogP contribution is -1.97. The van der Waals surface area contributed by atoms with Gasteiger partial charge in [0, 0.05) is 11.1 Å². The van der Waals surface area contributed by atoms with E-state index in [1.165, 1.54) is 11.3 Å². The molecule has 0 unspecified atom stereocenters. The summed E-state index contributed by atoms with van der Waals surface area (Å²) in [7, 11) is 0. The lowest BCUT2D eigenvalue weighted by atomic mass is 10.3. The third kappa shape index (κ3) is 1.92. The minimum absolute atomic E-state index is 0.755. The molecule has 2 nitrogen and oxygen atoms in total. The predicted octanol–water partition coefficient (Wildman–Crippen LogP) is 3.26. The minimum atomic E-state index is 0.755. The second kappa shape index (κ2) is 3.66. The summed E-state index contributed by atoms with van der Waals surface area (Å²) in [5, 5.41) is 7.55. The fourth-order valence-corrected chi connectivity index (χ4v) is 1.94. The number of hydrogen-bond donors (Lipinski definition) is 1. The minimum Gasteiger partial charge on any atom is -0.467 e.